The molecule has 4 heteroatoms. The van der Waals surface area contributed by atoms with E-state index in [9.17, 15) is 0 Å². The summed E-state index contributed by atoms with van der Waals surface area (Å²) in [4.78, 5) is 8.93. The lowest BCUT2D eigenvalue weighted by Gasteiger charge is -2.07. The topological polar surface area (TPSA) is 25.8 Å². The molecule has 2 nitrogen and oxygen atoms in total. The van der Waals surface area contributed by atoms with E-state index in [1.165, 1.54) is 0 Å². The van der Waals surface area contributed by atoms with Crippen LogP contribution in [0.25, 0.3) is 32.9 Å². The molecule has 0 unspecified atom stereocenters. The molecule has 0 bridgehead atoms. The average molecular weight is 325 g/mol. The first-order chi connectivity index (χ1) is 10.7. The van der Waals surface area contributed by atoms with Gasteiger partial charge < -0.3 is 0 Å². The lowest BCUT2D eigenvalue weighted by molar-refractivity contribution is 1.28. The SMILES string of the molecule is Clc1nc(-c2cc3ccccc3c(Cl)n2)cc2ccccc12. The summed E-state index contributed by atoms with van der Waals surface area (Å²) in [5.74, 6) is 0. The highest BCUT2D eigenvalue weighted by molar-refractivity contribution is 6.35. The van der Waals surface area contributed by atoms with Crippen LogP contribution in [-0.4, -0.2) is 9.97 Å². The number of rotatable bonds is 1. The summed E-state index contributed by atoms with van der Waals surface area (Å²) in [7, 11) is 0. The highest BCUT2D eigenvalue weighted by Gasteiger charge is 2.10. The Kier molecular flexibility index (Phi) is 3.21. The molecule has 22 heavy (non-hydrogen) atoms. The minimum absolute atomic E-state index is 0.471. The summed E-state index contributed by atoms with van der Waals surface area (Å²) in [6.45, 7) is 0. The number of pyridine rings is 2. The Morgan fingerprint density at radius 3 is 1.45 bits per heavy atom. The molecule has 4 rings (SSSR count). The molecule has 0 saturated carbocycles. The summed E-state index contributed by atoms with van der Waals surface area (Å²) >= 11 is 12.6. The maximum Gasteiger partial charge on any atom is 0.137 e. The molecule has 2 aromatic heterocycles. The number of fused-ring (bicyclic) bond motifs is 2. The van der Waals surface area contributed by atoms with Gasteiger partial charge in [0.05, 0.1) is 11.4 Å². The van der Waals surface area contributed by atoms with Gasteiger partial charge in [-0.1, -0.05) is 71.7 Å². The first-order valence-electron chi connectivity index (χ1n) is 6.83. The van der Waals surface area contributed by atoms with Gasteiger partial charge in [0.25, 0.3) is 0 Å². The van der Waals surface area contributed by atoms with E-state index in [-0.39, 0.29) is 0 Å². The average Bonchev–Trinajstić information content (AvgIpc) is 2.55. The van der Waals surface area contributed by atoms with Gasteiger partial charge in [0.1, 0.15) is 10.3 Å². The predicted octanol–water partition coefficient (Wildman–Crippen LogP) is 5.76. The fourth-order valence-electron chi connectivity index (χ4n) is 2.58. The Balaban J connectivity index is 1.99. The molecule has 0 aliphatic carbocycles. The fraction of sp³-hybridized carbons (Fsp3) is 0. The molecule has 0 spiro atoms. The Morgan fingerprint density at radius 2 is 1.00 bits per heavy atom. The second-order valence-corrected chi connectivity index (χ2v) is 5.75. The van der Waals surface area contributed by atoms with Crippen LogP contribution >= 0.6 is 23.2 Å². The van der Waals surface area contributed by atoms with Crippen LogP contribution < -0.4 is 0 Å². The van der Waals surface area contributed by atoms with Gasteiger partial charge in [-0.05, 0) is 22.9 Å². The molecule has 106 valence electrons. The zero-order chi connectivity index (χ0) is 15.1. The van der Waals surface area contributed by atoms with Gasteiger partial charge in [-0.2, -0.15) is 0 Å². The van der Waals surface area contributed by atoms with E-state index in [1.54, 1.807) is 0 Å². The van der Waals surface area contributed by atoms with Crippen molar-refractivity contribution in [1.82, 2.24) is 9.97 Å². The van der Waals surface area contributed by atoms with E-state index >= 15 is 0 Å². The van der Waals surface area contributed by atoms with Crippen LogP contribution in [0.2, 0.25) is 10.3 Å². The van der Waals surface area contributed by atoms with E-state index in [4.69, 9.17) is 23.2 Å². The van der Waals surface area contributed by atoms with E-state index in [0.717, 1.165) is 32.9 Å². The summed E-state index contributed by atoms with van der Waals surface area (Å²) in [6, 6.07) is 19.7. The number of hydrogen-bond acceptors (Lipinski definition) is 2. The van der Waals surface area contributed by atoms with Crippen molar-refractivity contribution in [3.05, 3.63) is 71.0 Å². The molecular weight excluding hydrogens is 315 g/mol. The van der Waals surface area contributed by atoms with E-state index in [2.05, 4.69) is 9.97 Å². The fourth-order valence-corrected chi connectivity index (χ4v) is 3.10. The molecule has 0 saturated heterocycles. The van der Waals surface area contributed by atoms with Crippen LogP contribution in [-0.2, 0) is 0 Å². The normalized spacial score (nSPS) is 11.2. The number of nitrogens with zero attached hydrogens (tertiary/aromatic N) is 2. The number of hydrogen-bond donors (Lipinski definition) is 0. The van der Waals surface area contributed by atoms with Crippen molar-refractivity contribution in [3.8, 4) is 11.4 Å². The maximum absolute atomic E-state index is 6.30. The molecule has 2 aromatic carbocycles. The van der Waals surface area contributed by atoms with E-state index < -0.39 is 0 Å². The molecule has 4 aromatic rings. The van der Waals surface area contributed by atoms with Crippen LogP contribution in [0.15, 0.2) is 60.7 Å². The smallest absolute Gasteiger partial charge is 0.137 e. The van der Waals surface area contributed by atoms with Gasteiger partial charge in [0.2, 0.25) is 0 Å². The second kappa shape index (κ2) is 5.24. The third-order valence-corrected chi connectivity index (χ3v) is 4.23. The van der Waals surface area contributed by atoms with E-state index in [1.807, 2.05) is 60.7 Å². The van der Waals surface area contributed by atoms with Crippen molar-refractivity contribution in [2.24, 2.45) is 0 Å². The lowest BCUT2D eigenvalue weighted by atomic mass is 10.1. The largest absolute Gasteiger partial charge is 0.234 e. The van der Waals surface area contributed by atoms with Crippen molar-refractivity contribution in [2.45, 2.75) is 0 Å². The van der Waals surface area contributed by atoms with Gasteiger partial charge >= 0.3 is 0 Å². The van der Waals surface area contributed by atoms with Crippen molar-refractivity contribution in [2.75, 3.05) is 0 Å². The Morgan fingerprint density at radius 1 is 0.591 bits per heavy atom. The van der Waals surface area contributed by atoms with Crippen molar-refractivity contribution < 1.29 is 0 Å². The molecule has 0 atom stereocenters. The summed E-state index contributed by atoms with van der Waals surface area (Å²) < 4.78 is 0. The Labute approximate surface area is 137 Å². The first kappa shape index (κ1) is 13.5. The van der Waals surface area contributed by atoms with E-state index in [0.29, 0.717) is 10.3 Å². The van der Waals surface area contributed by atoms with Crippen molar-refractivity contribution in [3.63, 3.8) is 0 Å². The Hall–Kier alpha value is -2.16. The second-order valence-electron chi connectivity index (χ2n) is 5.04. The third kappa shape index (κ3) is 2.21. The zero-order valence-corrected chi connectivity index (χ0v) is 12.9. The predicted molar refractivity (Wildman–Crippen MR) is 92.5 cm³/mol. The monoisotopic (exact) mass is 324 g/mol. The van der Waals surface area contributed by atoms with Crippen molar-refractivity contribution in [1.29, 1.82) is 0 Å². The van der Waals surface area contributed by atoms with Crippen LogP contribution in [0.5, 0.6) is 0 Å². The quantitative estimate of drug-likeness (QED) is 0.416. The first-order valence-corrected chi connectivity index (χ1v) is 7.59. The molecule has 0 amide bonds. The van der Waals surface area contributed by atoms with Crippen LogP contribution in [0.4, 0.5) is 0 Å². The van der Waals surface area contributed by atoms with Gasteiger partial charge in [-0.3, -0.25) is 0 Å². The standard InChI is InChI=1S/C18H10Cl2N2/c19-17-13-7-3-1-5-11(13)9-15(21-17)16-10-12-6-2-4-8-14(12)18(20)22-16/h1-10H. The zero-order valence-electron chi connectivity index (χ0n) is 11.4. The highest BCUT2D eigenvalue weighted by atomic mass is 35.5. The molecule has 0 N–H and O–H groups in total. The summed E-state index contributed by atoms with van der Waals surface area (Å²) in [5.41, 5.74) is 1.44. The van der Waals surface area contributed by atoms with Crippen LogP contribution in [0.1, 0.15) is 0 Å². The van der Waals surface area contributed by atoms with Gasteiger partial charge in [0, 0.05) is 10.8 Å². The highest BCUT2D eigenvalue weighted by Crippen LogP contribution is 2.30. The molecule has 0 aliphatic heterocycles. The molecule has 2 heterocycles. The lowest BCUT2D eigenvalue weighted by Crippen LogP contribution is -1.91. The number of benzene rings is 2. The van der Waals surface area contributed by atoms with Gasteiger partial charge in [-0.25, -0.2) is 9.97 Å². The van der Waals surface area contributed by atoms with Crippen molar-refractivity contribution >= 4 is 44.7 Å². The van der Waals surface area contributed by atoms with Gasteiger partial charge in [0.15, 0.2) is 0 Å². The molecular formula is C18H10Cl2N2. The van der Waals surface area contributed by atoms with Gasteiger partial charge in [-0.15, -0.1) is 0 Å². The number of halogens is 2. The Bertz CT molecular complexity index is 929. The minimum Gasteiger partial charge on any atom is -0.234 e. The third-order valence-electron chi connectivity index (χ3n) is 3.65. The maximum atomic E-state index is 6.30. The molecule has 0 aliphatic rings. The number of aromatic nitrogens is 2. The van der Waals surface area contributed by atoms with Crippen LogP contribution in [0.3, 0.4) is 0 Å². The molecule has 0 radical (unpaired) electrons. The minimum atomic E-state index is 0.471. The summed E-state index contributed by atoms with van der Waals surface area (Å²) in [6.07, 6.45) is 0. The van der Waals surface area contributed by atoms with Crippen LogP contribution in [0, 0.1) is 0 Å². The molecule has 0 fully saturated rings. The summed E-state index contributed by atoms with van der Waals surface area (Å²) in [5, 5.41) is 4.87.